The highest BCUT2D eigenvalue weighted by Crippen LogP contribution is 2.24. The van der Waals surface area contributed by atoms with E-state index in [1.165, 1.54) is 0 Å². The van der Waals surface area contributed by atoms with Crippen LogP contribution in [0.5, 0.6) is 0 Å². The smallest absolute Gasteiger partial charge is 0.246 e. The summed E-state index contributed by atoms with van der Waals surface area (Å²) in [7, 11) is -2.04. The van der Waals surface area contributed by atoms with Crippen LogP contribution in [-0.4, -0.2) is 36.7 Å². The summed E-state index contributed by atoms with van der Waals surface area (Å²) in [4.78, 5) is 14.7. The molecule has 3 aromatic rings. The number of sulfonamides is 1. The van der Waals surface area contributed by atoms with Crippen LogP contribution >= 0.6 is 0 Å². The molecular weight excluding hydrogens is 376 g/mol. The van der Waals surface area contributed by atoms with E-state index in [1.807, 2.05) is 37.3 Å². The third-order valence-corrected chi connectivity index (χ3v) is 6.49. The van der Waals surface area contributed by atoms with Gasteiger partial charge < -0.3 is 0 Å². The van der Waals surface area contributed by atoms with Crippen LogP contribution in [0, 0.1) is 6.92 Å². The molecule has 1 aromatic heterocycles. The topological polar surface area (TPSA) is 84.3 Å². The van der Waals surface area contributed by atoms with Gasteiger partial charge in [0.15, 0.2) is 0 Å². The summed E-state index contributed by atoms with van der Waals surface area (Å²) in [6, 6.07) is 13.6. The van der Waals surface area contributed by atoms with E-state index in [4.69, 9.17) is 0 Å². The van der Waals surface area contributed by atoms with Gasteiger partial charge in [0.2, 0.25) is 15.9 Å². The number of nitrogens with one attached hydrogen (secondary N) is 1. The third kappa shape index (κ3) is 3.41. The van der Waals surface area contributed by atoms with Crippen LogP contribution in [-0.2, 0) is 21.9 Å². The average molecular weight is 398 g/mol. The first-order chi connectivity index (χ1) is 13.3. The molecule has 7 nitrogen and oxygen atoms in total. The van der Waals surface area contributed by atoms with E-state index in [0.717, 1.165) is 16.5 Å². The fourth-order valence-corrected chi connectivity index (χ4v) is 4.91. The van der Waals surface area contributed by atoms with Crippen molar-refractivity contribution in [1.82, 2.24) is 14.5 Å². The highest BCUT2D eigenvalue weighted by atomic mass is 32.2. The van der Waals surface area contributed by atoms with Crippen LogP contribution in [0.25, 0.3) is 10.8 Å². The van der Waals surface area contributed by atoms with Gasteiger partial charge in [0.25, 0.3) is 0 Å². The SMILES string of the molecule is Cc1cc(N2CCC[C@@H](NS(=O)(=O)c3ccc4ccccc4c3)C2=O)n(C)n1. The van der Waals surface area contributed by atoms with Crippen LogP contribution in [0.1, 0.15) is 18.5 Å². The van der Waals surface area contributed by atoms with Crippen LogP contribution in [0.4, 0.5) is 5.82 Å². The molecule has 4 rings (SSSR count). The lowest BCUT2D eigenvalue weighted by molar-refractivity contribution is -0.121. The van der Waals surface area contributed by atoms with E-state index < -0.39 is 16.1 Å². The van der Waals surface area contributed by atoms with E-state index in [2.05, 4.69) is 9.82 Å². The number of aryl methyl sites for hydroxylation is 2. The largest absolute Gasteiger partial charge is 0.296 e. The summed E-state index contributed by atoms with van der Waals surface area (Å²) in [5.41, 5.74) is 0.809. The number of rotatable bonds is 4. The standard InChI is InChI=1S/C20H22N4O3S/c1-14-12-19(23(2)21-14)24-11-5-8-18(20(24)25)22-28(26,27)17-10-9-15-6-3-4-7-16(15)13-17/h3-4,6-7,9-10,12-13,18,22H,5,8,11H2,1-2H3/t18-/m1/s1. The minimum atomic E-state index is -3.81. The Morgan fingerprint density at radius 1 is 1.11 bits per heavy atom. The highest BCUT2D eigenvalue weighted by molar-refractivity contribution is 7.89. The molecule has 0 radical (unpaired) electrons. The maximum atomic E-state index is 13.0. The van der Waals surface area contributed by atoms with Crippen molar-refractivity contribution in [3.8, 4) is 0 Å². The Labute approximate surface area is 164 Å². The predicted octanol–water partition coefficient (Wildman–Crippen LogP) is 2.36. The molecule has 146 valence electrons. The normalized spacial score (nSPS) is 18.0. The molecule has 1 aliphatic rings. The Hall–Kier alpha value is -2.71. The van der Waals surface area contributed by atoms with Gasteiger partial charge in [-0.05, 0) is 42.7 Å². The molecule has 1 N–H and O–H groups in total. The van der Waals surface area contributed by atoms with Crippen molar-refractivity contribution in [1.29, 1.82) is 0 Å². The van der Waals surface area contributed by atoms with E-state index >= 15 is 0 Å². The molecule has 0 unspecified atom stereocenters. The molecule has 28 heavy (non-hydrogen) atoms. The van der Waals surface area contributed by atoms with Crippen LogP contribution in [0.15, 0.2) is 53.4 Å². The maximum absolute atomic E-state index is 13.0. The van der Waals surface area contributed by atoms with Crippen molar-refractivity contribution >= 4 is 32.5 Å². The van der Waals surface area contributed by atoms with Gasteiger partial charge in [-0.2, -0.15) is 9.82 Å². The molecule has 1 amide bonds. The van der Waals surface area contributed by atoms with Crippen molar-refractivity contribution in [2.75, 3.05) is 11.4 Å². The molecule has 0 aliphatic carbocycles. The van der Waals surface area contributed by atoms with E-state index in [1.54, 1.807) is 34.8 Å². The lowest BCUT2D eigenvalue weighted by Crippen LogP contribution is -2.52. The second-order valence-corrected chi connectivity index (χ2v) is 8.80. The maximum Gasteiger partial charge on any atom is 0.246 e. The molecule has 1 saturated heterocycles. The summed E-state index contributed by atoms with van der Waals surface area (Å²) in [5, 5.41) is 6.09. The number of nitrogens with zero attached hydrogens (tertiary/aromatic N) is 3. The third-order valence-electron chi connectivity index (χ3n) is 5.02. The molecule has 2 heterocycles. The Morgan fingerprint density at radius 2 is 1.86 bits per heavy atom. The van der Waals surface area contributed by atoms with Crippen LogP contribution in [0.2, 0.25) is 0 Å². The van der Waals surface area contributed by atoms with Crippen LogP contribution in [0.3, 0.4) is 0 Å². The van der Waals surface area contributed by atoms with Crippen molar-refractivity contribution in [3.63, 3.8) is 0 Å². The van der Waals surface area contributed by atoms with Gasteiger partial charge >= 0.3 is 0 Å². The van der Waals surface area contributed by atoms with Gasteiger partial charge in [0.1, 0.15) is 11.9 Å². The summed E-state index contributed by atoms with van der Waals surface area (Å²) in [6.07, 6.45) is 1.18. The minimum Gasteiger partial charge on any atom is -0.296 e. The molecule has 0 bridgehead atoms. The first-order valence-corrected chi connectivity index (χ1v) is 10.7. The lowest BCUT2D eigenvalue weighted by atomic mass is 10.1. The van der Waals surface area contributed by atoms with Crippen LogP contribution < -0.4 is 9.62 Å². The zero-order chi connectivity index (χ0) is 19.9. The molecule has 0 spiro atoms. The number of carbonyl (C=O) groups is 1. The number of piperidine rings is 1. The number of carbonyl (C=O) groups excluding carboxylic acids is 1. The van der Waals surface area contributed by atoms with Gasteiger partial charge in [-0.15, -0.1) is 0 Å². The summed E-state index contributed by atoms with van der Waals surface area (Å²) < 4.78 is 30.1. The second-order valence-electron chi connectivity index (χ2n) is 7.08. The highest BCUT2D eigenvalue weighted by Gasteiger charge is 2.34. The Morgan fingerprint density at radius 3 is 2.57 bits per heavy atom. The quantitative estimate of drug-likeness (QED) is 0.731. The molecule has 1 fully saturated rings. The number of anilines is 1. The van der Waals surface area contributed by atoms with Gasteiger partial charge in [0.05, 0.1) is 10.6 Å². The number of aromatic nitrogens is 2. The Kier molecular flexibility index (Phi) is 4.68. The minimum absolute atomic E-state index is 0.160. The summed E-state index contributed by atoms with van der Waals surface area (Å²) in [6.45, 7) is 2.41. The van der Waals surface area contributed by atoms with E-state index in [0.29, 0.717) is 25.2 Å². The lowest BCUT2D eigenvalue weighted by Gasteiger charge is -2.32. The number of benzene rings is 2. The average Bonchev–Trinajstić information content (AvgIpc) is 3.01. The molecule has 8 heteroatoms. The monoisotopic (exact) mass is 398 g/mol. The predicted molar refractivity (Wildman–Crippen MR) is 108 cm³/mol. The number of hydrogen-bond acceptors (Lipinski definition) is 4. The molecular formula is C20H22N4O3S. The zero-order valence-corrected chi connectivity index (χ0v) is 16.6. The first kappa shape index (κ1) is 18.6. The zero-order valence-electron chi connectivity index (χ0n) is 15.8. The van der Waals surface area contributed by atoms with Gasteiger partial charge in [-0.3, -0.25) is 14.4 Å². The Balaban J connectivity index is 1.59. The summed E-state index contributed by atoms with van der Waals surface area (Å²) in [5.74, 6) is 0.427. The molecule has 1 atom stereocenters. The van der Waals surface area contributed by atoms with Crippen molar-refractivity contribution < 1.29 is 13.2 Å². The number of amides is 1. The first-order valence-electron chi connectivity index (χ1n) is 9.18. The van der Waals surface area contributed by atoms with E-state index in [-0.39, 0.29) is 10.8 Å². The Bertz CT molecular complexity index is 1150. The number of fused-ring (bicyclic) bond motifs is 1. The van der Waals surface area contributed by atoms with Crippen molar-refractivity contribution in [2.24, 2.45) is 7.05 Å². The van der Waals surface area contributed by atoms with Gasteiger partial charge in [-0.25, -0.2) is 8.42 Å². The molecule has 0 saturated carbocycles. The second kappa shape index (κ2) is 7.03. The summed E-state index contributed by atoms with van der Waals surface area (Å²) >= 11 is 0. The van der Waals surface area contributed by atoms with Gasteiger partial charge in [0, 0.05) is 19.7 Å². The molecule has 1 aliphatic heterocycles. The van der Waals surface area contributed by atoms with E-state index in [9.17, 15) is 13.2 Å². The fourth-order valence-electron chi connectivity index (χ4n) is 3.65. The van der Waals surface area contributed by atoms with Crippen molar-refractivity contribution in [3.05, 3.63) is 54.2 Å². The molecule has 2 aromatic carbocycles. The van der Waals surface area contributed by atoms with Gasteiger partial charge in [-0.1, -0.05) is 30.3 Å². The fraction of sp³-hybridized carbons (Fsp3) is 0.300. The van der Waals surface area contributed by atoms with Crippen molar-refractivity contribution in [2.45, 2.75) is 30.7 Å². The number of hydrogen-bond donors (Lipinski definition) is 1.